The fourth-order valence-electron chi connectivity index (χ4n) is 2.14. The van der Waals surface area contributed by atoms with Gasteiger partial charge in [0.25, 0.3) is 0 Å². The maximum Gasteiger partial charge on any atom is 0.173 e. The largest absolute Gasteiger partial charge is 0.349 e. The van der Waals surface area contributed by atoms with E-state index in [0.29, 0.717) is 0 Å². The van der Waals surface area contributed by atoms with Crippen LogP contribution in [0.5, 0.6) is 0 Å². The zero-order chi connectivity index (χ0) is 14.6. The van der Waals surface area contributed by atoms with Crippen LogP contribution >= 0.6 is 12.2 Å². The molecular weight excluding hydrogens is 264 g/mol. The van der Waals surface area contributed by atoms with E-state index in [9.17, 15) is 0 Å². The molecule has 0 radical (unpaired) electrons. The third kappa shape index (κ3) is 6.90. The van der Waals surface area contributed by atoms with E-state index in [1.54, 1.807) is 0 Å². The van der Waals surface area contributed by atoms with Crippen LogP contribution in [-0.4, -0.2) is 23.1 Å². The third-order valence-corrected chi connectivity index (χ3v) is 3.74. The minimum atomic E-state index is 0.864. The van der Waals surface area contributed by atoms with Crippen molar-refractivity contribution in [3.8, 4) is 0 Å². The zero-order valence-corrected chi connectivity index (χ0v) is 13.7. The number of benzene rings is 1. The summed E-state index contributed by atoms with van der Waals surface area (Å²) < 4.78 is 0. The molecule has 0 aliphatic heterocycles. The van der Waals surface area contributed by atoms with Gasteiger partial charge in [-0.15, -0.1) is 0 Å². The van der Waals surface area contributed by atoms with Gasteiger partial charge >= 0.3 is 0 Å². The number of para-hydroxylation sites is 1. The van der Waals surface area contributed by atoms with Crippen LogP contribution in [0.4, 0.5) is 5.69 Å². The van der Waals surface area contributed by atoms with Gasteiger partial charge in [0.15, 0.2) is 5.11 Å². The summed E-state index contributed by atoms with van der Waals surface area (Å²) >= 11 is 5.57. The van der Waals surface area contributed by atoms with Crippen molar-refractivity contribution in [1.29, 1.82) is 0 Å². The monoisotopic (exact) mass is 292 g/mol. The molecule has 1 aromatic rings. The Balaban J connectivity index is 2.48. The molecule has 20 heavy (non-hydrogen) atoms. The summed E-state index contributed by atoms with van der Waals surface area (Å²) in [5.74, 6) is 0. The van der Waals surface area contributed by atoms with Crippen molar-refractivity contribution in [1.82, 2.24) is 4.90 Å². The highest BCUT2D eigenvalue weighted by molar-refractivity contribution is 7.80. The van der Waals surface area contributed by atoms with Gasteiger partial charge in [-0.1, -0.05) is 57.7 Å². The number of thiocarbonyl (C=S) groups is 1. The molecular formula is C17H28N2S. The molecule has 0 aromatic heterocycles. The summed E-state index contributed by atoms with van der Waals surface area (Å²) in [7, 11) is 0. The van der Waals surface area contributed by atoms with Crippen LogP contribution in [0, 0.1) is 0 Å². The number of rotatable bonds is 9. The van der Waals surface area contributed by atoms with E-state index in [-0.39, 0.29) is 0 Å². The van der Waals surface area contributed by atoms with Crippen LogP contribution < -0.4 is 5.32 Å². The smallest absolute Gasteiger partial charge is 0.173 e. The Kier molecular flexibility index (Phi) is 9.05. The quantitative estimate of drug-likeness (QED) is 0.505. The third-order valence-electron chi connectivity index (χ3n) is 3.38. The molecule has 0 saturated heterocycles. The predicted molar refractivity (Wildman–Crippen MR) is 93.3 cm³/mol. The number of hydrogen-bond acceptors (Lipinski definition) is 1. The molecule has 2 nitrogen and oxygen atoms in total. The topological polar surface area (TPSA) is 15.3 Å². The Hall–Kier alpha value is -1.09. The molecule has 3 heteroatoms. The summed E-state index contributed by atoms with van der Waals surface area (Å²) in [5.41, 5.74) is 1.08. The highest BCUT2D eigenvalue weighted by Gasteiger charge is 2.09. The molecule has 0 aliphatic carbocycles. The van der Waals surface area contributed by atoms with Crippen molar-refractivity contribution in [2.45, 2.75) is 52.4 Å². The van der Waals surface area contributed by atoms with Crippen LogP contribution in [0.3, 0.4) is 0 Å². The molecule has 1 aromatic carbocycles. The van der Waals surface area contributed by atoms with Crippen molar-refractivity contribution in [2.24, 2.45) is 0 Å². The summed E-state index contributed by atoms with van der Waals surface area (Å²) in [6.45, 7) is 6.61. The Morgan fingerprint density at radius 2 is 1.50 bits per heavy atom. The lowest BCUT2D eigenvalue weighted by molar-refractivity contribution is 0.395. The standard InChI is InChI=1S/C17H28N2S/c1-3-5-10-14-19(15-11-6-4-2)17(20)18-16-12-8-7-9-13-16/h7-9,12-13H,3-6,10-11,14-15H2,1-2H3,(H,18,20). The first-order chi connectivity index (χ1) is 9.77. The average Bonchev–Trinajstić information content (AvgIpc) is 2.47. The fourth-order valence-corrected chi connectivity index (χ4v) is 2.44. The molecule has 0 saturated carbocycles. The van der Waals surface area contributed by atoms with Crippen molar-refractivity contribution >= 4 is 23.0 Å². The molecule has 0 atom stereocenters. The fraction of sp³-hybridized carbons (Fsp3) is 0.588. The Labute approximate surface area is 129 Å². The molecule has 1 N–H and O–H groups in total. The van der Waals surface area contributed by atoms with Crippen LogP contribution in [0.2, 0.25) is 0 Å². The second-order valence-electron chi connectivity index (χ2n) is 5.20. The van der Waals surface area contributed by atoms with E-state index in [1.165, 1.54) is 38.5 Å². The van der Waals surface area contributed by atoms with Crippen molar-refractivity contribution < 1.29 is 0 Å². The van der Waals surface area contributed by atoms with Crippen LogP contribution in [0.25, 0.3) is 0 Å². The Morgan fingerprint density at radius 1 is 0.950 bits per heavy atom. The number of hydrogen-bond donors (Lipinski definition) is 1. The van der Waals surface area contributed by atoms with E-state index in [2.05, 4.69) is 36.2 Å². The lowest BCUT2D eigenvalue weighted by atomic mass is 10.2. The summed E-state index contributed by atoms with van der Waals surface area (Å²) in [6, 6.07) is 10.2. The van der Waals surface area contributed by atoms with Crippen LogP contribution in [0.1, 0.15) is 52.4 Å². The highest BCUT2D eigenvalue weighted by Crippen LogP contribution is 2.09. The van der Waals surface area contributed by atoms with Gasteiger partial charge < -0.3 is 10.2 Å². The van der Waals surface area contributed by atoms with E-state index < -0.39 is 0 Å². The first-order valence-electron chi connectivity index (χ1n) is 7.89. The molecule has 1 rings (SSSR count). The van der Waals surface area contributed by atoms with E-state index in [4.69, 9.17) is 12.2 Å². The van der Waals surface area contributed by atoms with Gasteiger partial charge in [0.2, 0.25) is 0 Å². The molecule has 0 spiro atoms. The maximum absolute atomic E-state index is 5.57. The second kappa shape index (κ2) is 10.7. The summed E-state index contributed by atoms with van der Waals surface area (Å²) in [6.07, 6.45) is 7.50. The lowest BCUT2D eigenvalue weighted by Crippen LogP contribution is -2.36. The molecule has 0 amide bonds. The first kappa shape index (κ1) is 17.0. The molecule has 0 heterocycles. The maximum atomic E-state index is 5.57. The Bertz CT molecular complexity index is 355. The van der Waals surface area contributed by atoms with Gasteiger partial charge in [-0.25, -0.2) is 0 Å². The van der Waals surface area contributed by atoms with Gasteiger partial charge in [0.05, 0.1) is 0 Å². The number of anilines is 1. The number of nitrogens with one attached hydrogen (secondary N) is 1. The average molecular weight is 292 g/mol. The summed E-state index contributed by atoms with van der Waals surface area (Å²) in [4.78, 5) is 2.33. The number of unbranched alkanes of at least 4 members (excludes halogenated alkanes) is 4. The SMILES string of the molecule is CCCCCN(CCCCC)C(=S)Nc1ccccc1. The van der Waals surface area contributed by atoms with Crippen molar-refractivity contribution in [3.05, 3.63) is 30.3 Å². The second-order valence-corrected chi connectivity index (χ2v) is 5.58. The van der Waals surface area contributed by atoms with Gasteiger partial charge in [0.1, 0.15) is 0 Å². The highest BCUT2D eigenvalue weighted by atomic mass is 32.1. The minimum absolute atomic E-state index is 0.864. The lowest BCUT2D eigenvalue weighted by Gasteiger charge is -2.26. The van der Waals surface area contributed by atoms with Gasteiger partial charge in [-0.2, -0.15) is 0 Å². The van der Waals surface area contributed by atoms with E-state index in [1.807, 2.05) is 18.2 Å². The first-order valence-corrected chi connectivity index (χ1v) is 8.29. The molecule has 0 aliphatic rings. The zero-order valence-electron chi connectivity index (χ0n) is 12.9. The molecule has 112 valence electrons. The van der Waals surface area contributed by atoms with Crippen molar-refractivity contribution in [2.75, 3.05) is 18.4 Å². The van der Waals surface area contributed by atoms with Crippen molar-refractivity contribution in [3.63, 3.8) is 0 Å². The van der Waals surface area contributed by atoms with Gasteiger partial charge in [-0.05, 0) is 37.2 Å². The van der Waals surface area contributed by atoms with E-state index >= 15 is 0 Å². The van der Waals surface area contributed by atoms with Crippen LogP contribution in [0.15, 0.2) is 30.3 Å². The predicted octanol–water partition coefficient (Wildman–Crippen LogP) is 5.07. The molecule has 0 unspecified atom stereocenters. The Morgan fingerprint density at radius 3 is 2.00 bits per heavy atom. The normalized spacial score (nSPS) is 10.3. The van der Waals surface area contributed by atoms with E-state index in [0.717, 1.165) is 23.9 Å². The minimum Gasteiger partial charge on any atom is -0.349 e. The molecule has 0 fully saturated rings. The summed E-state index contributed by atoms with van der Waals surface area (Å²) in [5, 5.41) is 4.22. The number of nitrogens with zero attached hydrogens (tertiary/aromatic N) is 1. The van der Waals surface area contributed by atoms with Crippen LogP contribution in [-0.2, 0) is 0 Å². The van der Waals surface area contributed by atoms with Gasteiger partial charge in [-0.3, -0.25) is 0 Å². The molecule has 0 bridgehead atoms. The van der Waals surface area contributed by atoms with Gasteiger partial charge in [0, 0.05) is 18.8 Å².